The van der Waals surface area contributed by atoms with E-state index in [9.17, 15) is 4.79 Å². The standard InChI is InChI=1S/C13H24O2/c1-9(7-8-15-6)10(14)11-12(2,3)13(11,4)5/h9,11H,7-8H2,1-6H3. The summed E-state index contributed by atoms with van der Waals surface area (Å²) < 4.78 is 5.01. The van der Waals surface area contributed by atoms with Crippen LogP contribution < -0.4 is 0 Å². The van der Waals surface area contributed by atoms with Crippen molar-refractivity contribution in [2.24, 2.45) is 22.7 Å². The van der Waals surface area contributed by atoms with E-state index in [1.807, 2.05) is 6.92 Å². The van der Waals surface area contributed by atoms with Crippen LogP contribution in [-0.4, -0.2) is 19.5 Å². The van der Waals surface area contributed by atoms with Gasteiger partial charge in [0, 0.05) is 25.6 Å². The third-order valence-electron chi connectivity index (χ3n) is 4.55. The maximum absolute atomic E-state index is 12.2. The van der Waals surface area contributed by atoms with Crippen LogP contribution in [0.3, 0.4) is 0 Å². The van der Waals surface area contributed by atoms with Crippen LogP contribution in [0.5, 0.6) is 0 Å². The Morgan fingerprint density at radius 2 is 1.73 bits per heavy atom. The minimum Gasteiger partial charge on any atom is -0.385 e. The van der Waals surface area contributed by atoms with Crippen LogP contribution in [-0.2, 0) is 9.53 Å². The molecule has 0 aromatic heterocycles. The van der Waals surface area contributed by atoms with Crippen molar-refractivity contribution >= 4 is 5.78 Å². The summed E-state index contributed by atoms with van der Waals surface area (Å²) in [6.45, 7) is 11.5. The Kier molecular flexibility index (Phi) is 3.30. The average Bonchev–Trinajstić information content (AvgIpc) is 2.52. The normalized spacial score (nSPS) is 24.9. The largest absolute Gasteiger partial charge is 0.385 e. The predicted molar refractivity (Wildman–Crippen MR) is 61.7 cm³/mol. The smallest absolute Gasteiger partial charge is 0.139 e. The van der Waals surface area contributed by atoms with Gasteiger partial charge in [-0.2, -0.15) is 0 Å². The number of hydrogen-bond donors (Lipinski definition) is 0. The minimum absolute atomic E-state index is 0.135. The summed E-state index contributed by atoms with van der Waals surface area (Å²) in [6.07, 6.45) is 0.845. The average molecular weight is 212 g/mol. The molecule has 0 aromatic carbocycles. The van der Waals surface area contributed by atoms with Gasteiger partial charge in [-0.3, -0.25) is 4.79 Å². The maximum atomic E-state index is 12.2. The minimum atomic E-state index is 0.135. The molecule has 1 saturated carbocycles. The van der Waals surface area contributed by atoms with Gasteiger partial charge in [0.1, 0.15) is 5.78 Å². The molecule has 0 aliphatic heterocycles. The zero-order valence-electron chi connectivity index (χ0n) is 10.9. The molecule has 1 aliphatic rings. The molecule has 0 heterocycles. The second-order valence-corrected chi connectivity index (χ2v) is 5.96. The molecule has 88 valence electrons. The fraction of sp³-hybridized carbons (Fsp3) is 0.923. The Morgan fingerprint density at radius 1 is 1.27 bits per heavy atom. The Balaban J connectivity index is 2.57. The van der Waals surface area contributed by atoms with Gasteiger partial charge in [0.25, 0.3) is 0 Å². The van der Waals surface area contributed by atoms with Gasteiger partial charge in [-0.05, 0) is 17.3 Å². The summed E-state index contributed by atoms with van der Waals surface area (Å²) in [5.74, 6) is 0.787. The molecule has 1 fully saturated rings. The first-order valence-electron chi connectivity index (χ1n) is 5.79. The molecular weight excluding hydrogens is 188 g/mol. The lowest BCUT2D eigenvalue weighted by atomic mass is 9.95. The monoisotopic (exact) mass is 212 g/mol. The molecule has 1 rings (SSSR count). The lowest BCUT2D eigenvalue weighted by molar-refractivity contribution is -0.125. The van der Waals surface area contributed by atoms with Crippen molar-refractivity contribution in [2.45, 2.75) is 41.0 Å². The zero-order chi connectivity index (χ0) is 11.9. The van der Waals surface area contributed by atoms with E-state index in [2.05, 4.69) is 27.7 Å². The highest BCUT2D eigenvalue weighted by Crippen LogP contribution is 2.69. The fourth-order valence-electron chi connectivity index (χ4n) is 2.63. The molecule has 0 aromatic rings. The lowest BCUT2D eigenvalue weighted by Gasteiger charge is -2.10. The van der Waals surface area contributed by atoms with Gasteiger partial charge in [0.05, 0.1) is 0 Å². The van der Waals surface area contributed by atoms with E-state index in [0.29, 0.717) is 12.4 Å². The SMILES string of the molecule is COCCC(C)C(=O)C1C(C)(C)C1(C)C. The molecule has 2 nitrogen and oxygen atoms in total. The number of carbonyl (C=O) groups excluding carboxylic acids is 1. The van der Waals surface area contributed by atoms with Gasteiger partial charge in [-0.1, -0.05) is 34.6 Å². The Hall–Kier alpha value is -0.370. The third kappa shape index (κ3) is 1.96. The van der Waals surface area contributed by atoms with Crippen molar-refractivity contribution < 1.29 is 9.53 Å². The molecule has 0 saturated heterocycles. The van der Waals surface area contributed by atoms with Crippen LogP contribution in [0.4, 0.5) is 0 Å². The Labute approximate surface area is 93.4 Å². The predicted octanol–water partition coefficient (Wildman–Crippen LogP) is 2.91. The van der Waals surface area contributed by atoms with Crippen molar-refractivity contribution in [3.63, 3.8) is 0 Å². The molecule has 0 radical (unpaired) electrons. The third-order valence-corrected chi connectivity index (χ3v) is 4.55. The fourth-order valence-corrected chi connectivity index (χ4v) is 2.63. The summed E-state index contributed by atoms with van der Waals surface area (Å²) in [6, 6.07) is 0. The van der Waals surface area contributed by atoms with Gasteiger partial charge < -0.3 is 4.74 Å². The van der Waals surface area contributed by atoms with Gasteiger partial charge in [0.2, 0.25) is 0 Å². The lowest BCUT2D eigenvalue weighted by Crippen LogP contribution is -2.18. The van der Waals surface area contributed by atoms with Gasteiger partial charge in [-0.15, -0.1) is 0 Å². The van der Waals surface area contributed by atoms with Crippen molar-refractivity contribution in [1.82, 2.24) is 0 Å². The first kappa shape index (κ1) is 12.7. The molecule has 1 aliphatic carbocycles. The summed E-state index contributed by atoms with van der Waals surface area (Å²) in [5.41, 5.74) is 0.344. The number of methoxy groups -OCH3 is 1. The summed E-state index contributed by atoms with van der Waals surface area (Å²) >= 11 is 0. The highest BCUT2D eigenvalue weighted by molar-refractivity contribution is 5.88. The number of rotatable bonds is 5. The highest BCUT2D eigenvalue weighted by atomic mass is 16.5. The van der Waals surface area contributed by atoms with Gasteiger partial charge in [-0.25, -0.2) is 0 Å². The van der Waals surface area contributed by atoms with E-state index in [4.69, 9.17) is 4.74 Å². The zero-order valence-corrected chi connectivity index (χ0v) is 10.9. The van der Waals surface area contributed by atoms with E-state index >= 15 is 0 Å². The molecule has 0 amide bonds. The second kappa shape index (κ2) is 3.89. The van der Waals surface area contributed by atoms with E-state index in [0.717, 1.165) is 6.42 Å². The van der Waals surface area contributed by atoms with E-state index < -0.39 is 0 Å². The molecule has 0 N–H and O–H groups in total. The van der Waals surface area contributed by atoms with Gasteiger partial charge in [0.15, 0.2) is 0 Å². The number of ether oxygens (including phenoxy) is 1. The molecule has 0 bridgehead atoms. The van der Waals surface area contributed by atoms with Crippen LogP contribution in [0.2, 0.25) is 0 Å². The van der Waals surface area contributed by atoms with Crippen LogP contribution in [0.15, 0.2) is 0 Å². The highest BCUT2D eigenvalue weighted by Gasteiger charge is 2.67. The summed E-state index contributed by atoms with van der Waals surface area (Å²) in [4.78, 5) is 12.2. The van der Waals surface area contributed by atoms with Gasteiger partial charge >= 0.3 is 0 Å². The van der Waals surface area contributed by atoms with Crippen LogP contribution >= 0.6 is 0 Å². The Bertz CT molecular complexity index is 239. The maximum Gasteiger partial charge on any atom is 0.139 e. The quantitative estimate of drug-likeness (QED) is 0.700. The molecule has 1 atom stereocenters. The number of Topliss-reactive ketones (excluding diaryl/α,β-unsaturated/α-hetero) is 1. The topological polar surface area (TPSA) is 26.3 Å². The Morgan fingerprint density at radius 3 is 2.07 bits per heavy atom. The summed E-state index contributed by atoms with van der Waals surface area (Å²) in [7, 11) is 1.68. The first-order chi connectivity index (χ1) is 6.76. The molecular formula is C13H24O2. The van der Waals surface area contributed by atoms with Crippen molar-refractivity contribution in [1.29, 1.82) is 0 Å². The molecule has 1 unspecified atom stereocenters. The first-order valence-corrected chi connectivity index (χ1v) is 5.79. The van der Waals surface area contributed by atoms with Crippen LogP contribution in [0.1, 0.15) is 41.0 Å². The molecule has 15 heavy (non-hydrogen) atoms. The number of carbonyl (C=O) groups is 1. The molecule has 0 spiro atoms. The van der Waals surface area contributed by atoms with Crippen LogP contribution in [0.25, 0.3) is 0 Å². The summed E-state index contributed by atoms with van der Waals surface area (Å²) in [5, 5.41) is 0. The molecule has 2 heteroatoms. The van der Waals surface area contributed by atoms with E-state index in [1.165, 1.54) is 0 Å². The van der Waals surface area contributed by atoms with Crippen molar-refractivity contribution in [2.75, 3.05) is 13.7 Å². The van der Waals surface area contributed by atoms with E-state index in [1.54, 1.807) is 7.11 Å². The van der Waals surface area contributed by atoms with Crippen molar-refractivity contribution in [3.05, 3.63) is 0 Å². The van der Waals surface area contributed by atoms with E-state index in [-0.39, 0.29) is 22.7 Å². The second-order valence-electron chi connectivity index (χ2n) is 5.96. The number of ketones is 1. The van der Waals surface area contributed by atoms with Crippen molar-refractivity contribution in [3.8, 4) is 0 Å². The number of hydrogen-bond acceptors (Lipinski definition) is 2. The van der Waals surface area contributed by atoms with Crippen LogP contribution in [0, 0.1) is 22.7 Å².